The van der Waals surface area contributed by atoms with Gasteiger partial charge in [-0.3, -0.25) is 9.14 Å². The number of hydrogen-bond donors (Lipinski definition) is 1. The number of halogens is 1. The highest BCUT2D eigenvalue weighted by molar-refractivity contribution is 9.08. The standard InChI is InChI=1S/C14H28BrNO/c1-2-3-4-5-6-7-8-9-10-11-12-13-14(17)16-15/h2-13H2,1H3,(H,16,17). The fraction of sp³-hybridized carbons (Fsp3) is 0.929. The van der Waals surface area contributed by atoms with E-state index in [9.17, 15) is 4.79 Å². The smallest absolute Gasteiger partial charge is 0.229 e. The van der Waals surface area contributed by atoms with Crippen molar-refractivity contribution >= 4 is 22.1 Å². The first-order valence-corrected chi connectivity index (χ1v) is 8.00. The van der Waals surface area contributed by atoms with Crippen LogP contribution in [0.5, 0.6) is 0 Å². The molecule has 0 aromatic heterocycles. The first-order valence-electron chi connectivity index (χ1n) is 7.20. The lowest BCUT2D eigenvalue weighted by molar-refractivity contribution is -0.119. The van der Waals surface area contributed by atoms with Crippen LogP contribution >= 0.6 is 16.1 Å². The summed E-state index contributed by atoms with van der Waals surface area (Å²) in [5.74, 6) is 0.0981. The largest absolute Gasteiger partial charge is 0.293 e. The Balaban J connectivity index is 2.96. The molecule has 0 heterocycles. The fourth-order valence-electron chi connectivity index (χ4n) is 2.00. The van der Waals surface area contributed by atoms with Gasteiger partial charge in [-0.15, -0.1) is 0 Å². The van der Waals surface area contributed by atoms with Gasteiger partial charge in [0.15, 0.2) is 0 Å². The number of unbranched alkanes of at least 4 members (excludes halogenated alkanes) is 10. The van der Waals surface area contributed by atoms with Crippen molar-refractivity contribution in [1.82, 2.24) is 4.34 Å². The van der Waals surface area contributed by atoms with E-state index in [4.69, 9.17) is 0 Å². The molecule has 0 saturated carbocycles. The van der Waals surface area contributed by atoms with Gasteiger partial charge in [-0.05, 0) is 6.42 Å². The molecular formula is C14H28BrNO. The minimum Gasteiger partial charge on any atom is -0.293 e. The van der Waals surface area contributed by atoms with E-state index in [2.05, 4.69) is 27.4 Å². The van der Waals surface area contributed by atoms with Gasteiger partial charge in [0.25, 0.3) is 0 Å². The van der Waals surface area contributed by atoms with Crippen molar-refractivity contribution in [2.75, 3.05) is 0 Å². The topological polar surface area (TPSA) is 29.1 Å². The second-order valence-corrected chi connectivity index (χ2v) is 5.20. The number of rotatable bonds is 12. The van der Waals surface area contributed by atoms with Crippen molar-refractivity contribution in [3.63, 3.8) is 0 Å². The van der Waals surface area contributed by atoms with Gasteiger partial charge in [0.05, 0.1) is 0 Å². The van der Waals surface area contributed by atoms with Crippen molar-refractivity contribution in [3.8, 4) is 0 Å². The molecule has 2 nitrogen and oxygen atoms in total. The molecule has 0 aliphatic rings. The lowest BCUT2D eigenvalue weighted by Gasteiger charge is -2.02. The normalized spacial score (nSPS) is 10.5. The molecule has 0 aliphatic heterocycles. The zero-order valence-corrected chi connectivity index (χ0v) is 12.9. The molecule has 17 heavy (non-hydrogen) atoms. The molecule has 0 unspecified atom stereocenters. The maximum absolute atomic E-state index is 10.9. The maximum Gasteiger partial charge on any atom is 0.229 e. The van der Waals surface area contributed by atoms with E-state index in [0.717, 1.165) is 6.42 Å². The van der Waals surface area contributed by atoms with Gasteiger partial charge in [-0.1, -0.05) is 71.1 Å². The minimum atomic E-state index is 0.0981. The van der Waals surface area contributed by atoms with Gasteiger partial charge < -0.3 is 0 Å². The van der Waals surface area contributed by atoms with Crippen LogP contribution in [0, 0.1) is 0 Å². The van der Waals surface area contributed by atoms with E-state index in [1.165, 1.54) is 64.2 Å². The lowest BCUT2D eigenvalue weighted by Crippen LogP contribution is -2.10. The molecule has 3 heteroatoms. The summed E-state index contributed by atoms with van der Waals surface area (Å²) in [6.07, 6.45) is 15.2. The van der Waals surface area contributed by atoms with Crippen LogP contribution in [0.4, 0.5) is 0 Å². The van der Waals surface area contributed by atoms with Crippen LogP contribution in [-0.4, -0.2) is 5.91 Å². The fourth-order valence-corrected chi connectivity index (χ4v) is 2.20. The van der Waals surface area contributed by atoms with Gasteiger partial charge in [0.1, 0.15) is 0 Å². The summed E-state index contributed by atoms with van der Waals surface area (Å²) in [6, 6.07) is 0. The maximum atomic E-state index is 10.9. The number of carbonyl (C=O) groups excluding carboxylic acids is 1. The monoisotopic (exact) mass is 305 g/mol. The predicted molar refractivity (Wildman–Crippen MR) is 78.1 cm³/mol. The quantitative estimate of drug-likeness (QED) is 0.394. The molecule has 0 fully saturated rings. The Bertz CT molecular complexity index is 174. The van der Waals surface area contributed by atoms with Crippen molar-refractivity contribution in [3.05, 3.63) is 0 Å². The van der Waals surface area contributed by atoms with Crippen LogP contribution in [0.15, 0.2) is 0 Å². The number of nitrogens with one attached hydrogen (secondary N) is 1. The second kappa shape index (κ2) is 14.0. The molecule has 102 valence electrons. The summed E-state index contributed by atoms with van der Waals surface area (Å²) >= 11 is 2.94. The van der Waals surface area contributed by atoms with E-state index >= 15 is 0 Å². The highest BCUT2D eigenvalue weighted by atomic mass is 79.9. The van der Waals surface area contributed by atoms with Crippen molar-refractivity contribution in [2.24, 2.45) is 0 Å². The molecule has 0 saturated heterocycles. The third kappa shape index (κ3) is 13.9. The van der Waals surface area contributed by atoms with Gasteiger partial charge >= 0.3 is 0 Å². The van der Waals surface area contributed by atoms with E-state index < -0.39 is 0 Å². The summed E-state index contributed by atoms with van der Waals surface area (Å²) in [6.45, 7) is 2.26. The Morgan fingerprint density at radius 3 is 1.65 bits per heavy atom. The number of carbonyl (C=O) groups is 1. The molecule has 0 radical (unpaired) electrons. The van der Waals surface area contributed by atoms with Crippen LogP contribution in [0.2, 0.25) is 0 Å². The third-order valence-corrected chi connectivity index (χ3v) is 3.56. The summed E-state index contributed by atoms with van der Waals surface area (Å²) in [4.78, 5) is 10.9. The van der Waals surface area contributed by atoms with Crippen molar-refractivity contribution in [2.45, 2.75) is 84.0 Å². The van der Waals surface area contributed by atoms with Crippen molar-refractivity contribution in [1.29, 1.82) is 0 Å². The first-order chi connectivity index (χ1) is 8.31. The summed E-state index contributed by atoms with van der Waals surface area (Å²) in [5.41, 5.74) is 0. The minimum absolute atomic E-state index is 0.0981. The molecule has 0 atom stereocenters. The average Bonchev–Trinajstić information content (AvgIpc) is 2.35. The summed E-state index contributed by atoms with van der Waals surface area (Å²) in [5, 5.41) is 0. The van der Waals surface area contributed by atoms with Gasteiger partial charge in [0, 0.05) is 22.6 Å². The Hall–Kier alpha value is -0.0500. The molecular weight excluding hydrogens is 278 g/mol. The van der Waals surface area contributed by atoms with E-state index in [0.29, 0.717) is 6.42 Å². The molecule has 0 rings (SSSR count). The predicted octanol–water partition coefficient (Wildman–Crippen LogP) is 5.11. The molecule has 0 aliphatic carbocycles. The Kier molecular flexibility index (Phi) is 14.0. The third-order valence-electron chi connectivity index (χ3n) is 3.11. The van der Waals surface area contributed by atoms with Crippen molar-refractivity contribution < 1.29 is 4.79 Å². The zero-order valence-electron chi connectivity index (χ0n) is 11.3. The van der Waals surface area contributed by atoms with E-state index in [1.54, 1.807) is 0 Å². The van der Waals surface area contributed by atoms with E-state index in [1.807, 2.05) is 0 Å². The highest BCUT2D eigenvalue weighted by Crippen LogP contribution is 2.11. The lowest BCUT2D eigenvalue weighted by atomic mass is 10.1. The summed E-state index contributed by atoms with van der Waals surface area (Å²) < 4.78 is 2.47. The van der Waals surface area contributed by atoms with Crippen LogP contribution in [-0.2, 0) is 4.79 Å². The Morgan fingerprint density at radius 2 is 1.24 bits per heavy atom. The number of amides is 1. The zero-order chi connectivity index (χ0) is 12.8. The van der Waals surface area contributed by atoms with Crippen LogP contribution in [0.25, 0.3) is 0 Å². The second-order valence-electron chi connectivity index (χ2n) is 4.80. The highest BCUT2D eigenvalue weighted by Gasteiger charge is 1.97. The van der Waals surface area contributed by atoms with Crippen LogP contribution < -0.4 is 4.34 Å². The van der Waals surface area contributed by atoms with Gasteiger partial charge in [-0.2, -0.15) is 0 Å². The molecule has 0 aromatic carbocycles. The van der Waals surface area contributed by atoms with Gasteiger partial charge in [0.2, 0.25) is 5.91 Å². The summed E-state index contributed by atoms with van der Waals surface area (Å²) in [7, 11) is 0. The average molecular weight is 306 g/mol. The Labute approximate surface area is 115 Å². The first kappa shape index (κ1) is 16.9. The molecule has 0 spiro atoms. The van der Waals surface area contributed by atoms with Gasteiger partial charge in [-0.25, -0.2) is 0 Å². The Morgan fingerprint density at radius 1 is 0.824 bits per heavy atom. The molecule has 0 bridgehead atoms. The van der Waals surface area contributed by atoms with Crippen LogP contribution in [0.1, 0.15) is 84.0 Å². The number of hydrogen-bond acceptors (Lipinski definition) is 1. The van der Waals surface area contributed by atoms with Crippen LogP contribution in [0.3, 0.4) is 0 Å². The molecule has 1 N–H and O–H groups in total. The molecule has 0 aromatic rings. The van der Waals surface area contributed by atoms with E-state index in [-0.39, 0.29) is 5.91 Å². The SMILES string of the molecule is CCCCCCCCCCCCCC(=O)NBr. The molecule has 1 amide bonds.